The Morgan fingerprint density at radius 1 is 1.42 bits per heavy atom. The van der Waals surface area contributed by atoms with Crippen molar-refractivity contribution in [2.45, 2.75) is 39.8 Å². The molecule has 0 aliphatic rings. The summed E-state index contributed by atoms with van der Waals surface area (Å²) in [6, 6.07) is 0.0121. The third kappa shape index (κ3) is 2.81. The van der Waals surface area contributed by atoms with Gasteiger partial charge in [-0.25, -0.2) is 4.98 Å². The first-order valence-corrected chi connectivity index (χ1v) is 6.21. The molecule has 7 nitrogen and oxygen atoms in total. The van der Waals surface area contributed by atoms with Gasteiger partial charge in [-0.2, -0.15) is 0 Å². The number of carbonyl (C=O) groups is 1. The van der Waals surface area contributed by atoms with Gasteiger partial charge in [0, 0.05) is 17.9 Å². The van der Waals surface area contributed by atoms with Gasteiger partial charge in [0.15, 0.2) is 11.6 Å². The summed E-state index contributed by atoms with van der Waals surface area (Å²) < 4.78 is 1.93. The van der Waals surface area contributed by atoms with Crippen LogP contribution in [0.15, 0.2) is 12.5 Å². The molecular formula is C12H18N6O. The number of nitrogens with one attached hydrogen (secondary N) is 2. The Morgan fingerprint density at radius 2 is 2.16 bits per heavy atom. The first-order valence-electron chi connectivity index (χ1n) is 6.21. The molecule has 0 aliphatic heterocycles. The van der Waals surface area contributed by atoms with E-state index in [0.717, 1.165) is 11.5 Å². The maximum absolute atomic E-state index is 12.0. The fraction of sp³-hybridized carbons (Fsp3) is 0.500. The molecule has 0 fully saturated rings. The van der Waals surface area contributed by atoms with Crippen molar-refractivity contribution in [1.29, 1.82) is 0 Å². The quantitative estimate of drug-likeness (QED) is 0.871. The Morgan fingerprint density at radius 3 is 2.74 bits per heavy atom. The second-order valence-electron chi connectivity index (χ2n) is 4.80. The van der Waals surface area contributed by atoms with E-state index >= 15 is 0 Å². The van der Waals surface area contributed by atoms with Crippen molar-refractivity contribution in [3.63, 3.8) is 0 Å². The van der Waals surface area contributed by atoms with E-state index in [1.54, 1.807) is 12.5 Å². The minimum atomic E-state index is -0.251. The lowest BCUT2D eigenvalue weighted by Crippen LogP contribution is -2.29. The van der Waals surface area contributed by atoms with Crippen LogP contribution in [0.3, 0.4) is 0 Å². The highest BCUT2D eigenvalue weighted by Gasteiger charge is 2.19. The summed E-state index contributed by atoms with van der Waals surface area (Å²) in [4.78, 5) is 18.9. The van der Waals surface area contributed by atoms with E-state index in [0.29, 0.717) is 5.82 Å². The second kappa shape index (κ2) is 5.21. The van der Waals surface area contributed by atoms with Crippen LogP contribution < -0.4 is 5.32 Å². The number of hydrogen-bond acceptors (Lipinski definition) is 4. The summed E-state index contributed by atoms with van der Waals surface area (Å²) in [6.07, 6.45) is 3.29. The SMILES string of the molecule is Cc1cnc(C(=O)N[C@@H](C)c2nncn2C(C)C)[nH]1. The highest BCUT2D eigenvalue weighted by Crippen LogP contribution is 2.14. The van der Waals surface area contributed by atoms with Gasteiger partial charge in [0.1, 0.15) is 6.33 Å². The van der Waals surface area contributed by atoms with Crippen LogP contribution in [0.25, 0.3) is 0 Å². The van der Waals surface area contributed by atoms with Crippen molar-refractivity contribution >= 4 is 5.91 Å². The van der Waals surface area contributed by atoms with Crippen LogP contribution >= 0.6 is 0 Å². The lowest BCUT2D eigenvalue weighted by molar-refractivity contribution is 0.0927. The number of aryl methyl sites for hydroxylation is 1. The van der Waals surface area contributed by atoms with Crippen LogP contribution in [-0.2, 0) is 0 Å². The average Bonchev–Trinajstić information content (AvgIpc) is 2.96. The van der Waals surface area contributed by atoms with Gasteiger partial charge in [0.05, 0.1) is 6.04 Å². The number of carbonyl (C=O) groups excluding carboxylic acids is 1. The lowest BCUT2D eigenvalue weighted by Gasteiger charge is -2.16. The van der Waals surface area contributed by atoms with Crippen molar-refractivity contribution in [3.05, 3.63) is 29.9 Å². The zero-order chi connectivity index (χ0) is 14.0. The normalized spacial score (nSPS) is 12.7. The number of H-pyrrole nitrogens is 1. The number of nitrogens with zero attached hydrogens (tertiary/aromatic N) is 4. The minimum absolute atomic E-state index is 0.234. The van der Waals surface area contributed by atoms with Crippen LogP contribution in [0.5, 0.6) is 0 Å². The molecule has 0 radical (unpaired) electrons. The highest BCUT2D eigenvalue weighted by atomic mass is 16.2. The molecule has 0 unspecified atom stereocenters. The zero-order valence-electron chi connectivity index (χ0n) is 11.5. The van der Waals surface area contributed by atoms with Crippen molar-refractivity contribution < 1.29 is 4.79 Å². The van der Waals surface area contributed by atoms with Gasteiger partial charge < -0.3 is 14.9 Å². The van der Waals surface area contributed by atoms with Crippen LogP contribution in [0.4, 0.5) is 0 Å². The highest BCUT2D eigenvalue weighted by molar-refractivity contribution is 5.90. The number of aromatic nitrogens is 5. The summed E-state index contributed by atoms with van der Waals surface area (Å²) >= 11 is 0. The summed E-state index contributed by atoms with van der Waals surface area (Å²) in [5.41, 5.74) is 0.850. The third-order valence-electron chi connectivity index (χ3n) is 2.81. The van der Waals surface area contributed by atoms with Gasteiger partial charge in [-0.15, -0.1) is 10.2 Å². The number of amides is 1. The van der Waals surface area contributed by atoms with Crippen molar-refractivity contribution in [1.82, 2.24) is 30.0 Å². The fourth-order valence-corrected chi connectivity index (χ4v) is 1.82. The molecule has 0 aromatic carbocycles. The standard InChI is InChI=1S/C12H18N6O/c1-7(2)18-6-14-17-11(18)9(4)16-12(19)10-13-5-8(3)15-10/h5-7,9H,1-4H3,(H,13,15)(H,16,19)/t9-/m0/s1. The molecule has 2 heterocycles. The van der Waals surface area contributed by atoms with Crippen LogP contribution in [0.1, 0.15) is 55.0 Å². The Bertz CT molecular complexity index is 570. The molecule has 7 heteroatoms. The Hall–Kier alpha value is -2.18. The maximum atomic E-state index is 12.0. The largest absolute Gasteiger partial charge is 0.340 e. The van der Waals surface area contributed by atoms with E-state index in [4.69, 9.17) is 0 Å². The molecular weight excluding hydrogens is 244 g/mol. The Balaban J connectivity index is 2.10. The van der Waals surface area contributed by atoms with Gasteiger partial charge in [0.25, 0.3) is 5.91 Å². The van der Waals surface area contributed by atoms with Crippen molar-refractivity contribution in [2.24, 2.45) is 0 Å². The first kappa shape index (κ1) is 13.3. The number of rotatable bonds is 4. The van der Waals surface area contributed by atoms with Crippen LogP contribution in [-0.4, -0.2) is 30.6 Å². The molecule has 0 saturated carbocycles. The molecule has 1 amide bonds. The molecule has 0 spiro atoms. The zero-order valence-corrected chi connectivity index (χ0v) is 11.5. The third-order valence-corrected chi connectivity index (χ3v) is 2.81. The summed E-state index contributed by atoms with van der Waals surface area (Å²) in [5.74, 6) is 0.783. The van der Waals surface area contributed by atoms with Gasteiger partial charge in [-0.1, -0.05) is 0 Å². The Labute approximate surface area is 111 Å². The van der Waals surface area contributed by atoms with Crippen molar-refractivity contribution in [2.75, 3.05) is 0 Å². The average molecular weight is 262 g/mol. The van der Waals surface area contributed by atoms with Gasteiger partial charge in [-0.05, 0) is 27.7 Å². The summed E-state index contributed by atoms with van der Waals surface area (Å²) in [5, 5.41) is 10.8. The number of aromatic amines is 1. The minimum Gasteiger partial charge on any atom is -0.340 e. The topological polar surface area (TPSA) is 88.5 Å². The van der Waals surface area contributed by atoms with Crippen LogP contribution in [0, 0.1) is 6.92 Å². The number of imidazole rings is 1. The van der Waals surface area contributed by atoms with E-state index < -0.39 is 0 Å². The van der Waals surface area contributed by atoms with Crippen LogP contribution in [0.2, 0.25) is 0 Å². The molecule has 2 aromatic heterocycles. The van der Waals surface area contributed by atoms with Gasteiger partial charge in [0.2, 0.25) is 0 Å². The maximum Gasteiger partial charge on any atom is 0.287 e. The molecule has 0 bridgehead atoms. The molecule has 1 atom stereocenters. The first-order chi connectivity index (χ1) is 8.99. The molecule has 102 valence electrons. The smallest absolute Gasteiger partial charge is 0.287 e. The van der Waals surface area contributed by atoms with E-state index in [2.05, 4.69) is 25.5 Å². The molecule has 2 N–H and O–H groups in total. The second-order valence-corrected chi connectivity index (χ2v) is 4.80. The monoisotopic (exact) mass is 262 g/mol. The number of hydrogen-bond donors (Lipinski definition) is 2. The van der Waals surface area contributed by atoms with Gasteiger partial charge >= 0.3 is 0 Å². The predicted molar refractivity (Wildman–Crippen MR) is 69.6 cm³/mol. The summed E-state index contributed by atoms with van der Waals surface area (Å²) in [7, 11) is 0. The lowest BCUT2D eigenvalue weighted by atomic mass is 10.2. The van der Waals surface area contributed by atoms with E-state index in [9.17, 15) is 4.79 Å². The molecule has 0 aliphatic carbocycles. The van der Waals surface area contributed by atoms with E-state index in [1.165, 1.54) is 0 Å². The molecule has 19 heavy (non-hydrogen) atoms. The predicted octanol–water partition coefficient (Wildman–Crippen LogP) is 1.38. The van der Waals surface area contributed by atoms with E-state index in [1.807, 2.05) is 32.3 Å². The molecule has 2 rings (SSSR count). The molecule has 2 aromatic rings. The van der Waals surface area contributed by atoms with Gasteiger partial charge in [-0.3, -0.25) is 4.79 Å². The Kier molecular flexibility index (Phi) is 3.64. The molecule has 0 saturated heterocycles. The fourth-order valence-electron chi connectivity index (χ4n) is 1.82. The van der Waals surface area contributed by atoms with E-state index in [-0.39, 0.29) is 18.0 Å². The summed E-state index contributed by atoms with van der Waals surface area (Å²) in [6.45, 7) is 7.80. The van der Waals surface area contributed by atoms with Crippen molar-refractivity contribution in [3.8, 4) is 0 Å².